The van der Waals surface area contributed by atoms with E-state index in [0.29, 0.717) is 10.8 Å². The summed E-state index contributed by atoms with van der Waals surface area (Å²) in [5.74, 6) is 0.431. The monoisotopic (exact) mass is 565 g/mol. The quantitative estimate of drug-likeness (QED) is 0.321. The van der Waals surface area contributed by atoms with Crippen LogP contribution in [0.4, 0.5) is 5.82 Å². The van der Waals surface area contributed by atoms with E-state index in [1.165, 1.54) is 0 Å². The summed E-state index contributed by atoms with van der Waals surface area (Å²) in [7, 11) is 0. The predicted molar refractivity (Wildman–Crippen MR) is 154 cm³/mol. The molecule has 1 N–H and O–H groups in total. The Balaban J connectivity index is 1.63. The van der Waals surface area contributed by atoms with E-state index < -0.39 is 0 Å². The first kappa shape index (κ1) is 26.5. The summed E-state index contributed by atoms with van der Waals surface area (Å²) in [5, 5.41) is 10.5. The number of nitrogens with one attached hydrogen (secondary N) is 1. The van der Waals surface area contributed by atoms with Crippen molar-refractivity contribution in [3.05, 3.63) is 93.0 Å². The van der Waals surface area contributed by atoms with Gasteiger partial charge in [-0.3, -0.25) is 19.5 Å². The number of hydrogen-bond donors (Lipinski definition) is 1. The second-order valence-corrected chi connectivity index (χ2v) is 12.5. The highest BCUT2D eigenvalue weighted by atomic mass is 35.5. The average molecular weight is 566 g/mol. The SMILES string of the molecule is CC(C)(C)c1nn(-c2cccc(Cl)c2)c2c1C(c1cccs1)SCC(=O)N2CC(=O)NCc1ccccn1. The summed E-state index contributed by atoms with van der Waals surface area (Å²) in [6, 6.07) is 17.1. The maximum absolute atomic E-state index is 13.7. The first-order valence-corrected chi connectivity index (χ1v) is 14.5. The van der Waals surface area contributed by atoms with Crippen molar-refractivity contribution in [2.45, 2.75) is 38.0 Å². The zero-order chi connectivity index (χ0) is 26.9. The molecule has 0 saturated heterocycles. The van der Waals surface area contributed by atoms with E-state index in [0.717, 1.165) is 27.5 Å². The Morgan fingerprint density at radius 3 is 2.68 bits per heavy atom. The van der Waals surface area contributed by atoms with Gasteiger partial charge in [-0.15, -0.1) is 23.1 Å². The number of hydrogen-bond acceptors (Lipinski definition) is 6. The summed E-state index contributed by atoms with van der Waals surface area (Å²) in [6.45, 7) is 6.49. The van der Waals surface area contributed by atoms with Gasteiger partial charge in [0.2, 0.25) is 11.8 Å². The van der Waals surface area contributed by atoms with Crippen LogP contribution >= 0.6 is 34.7 Å². The van der Waals surface area contributed by atoms with Crippen LogP contribution in [0.2, 0.25) is 5.02 Å². The first-order valence-electron chi connectivity index (χ1n) is 12.2. The first-order chi connectivity index (χ1) is 18.2. The van der Waals surface area contributed by atoms with Crippen LogP contribution in [0, 0.1) is 0 Å². The highest BCUT2D eigenvalue weighted by Crippen LogP contribution is 2.49. The van der Waals surface area contributed by atoms with Gasteiger partial charge in [0.25, 0.3) is 0 Å². The van der Waals surface area contributed by atoms with Crippen molar-refractivity contribution in [2.24, 2.45) is 0 Å². The zero-order valence-corrected chi connectivity index (χ0v) is 23.7. The number of carbonyl (C=O) groups excluding carboxylic acids is 2. The zero-order valence-electron chi connectivity index (χ0n) is 21.3. The molecule has 0 fully saturated rings. The number of carbonyl (C=O) groups is 2. The molecule has 2 amide bonds. The van der Waals surface area contributed by atoms with Gasteiger partial charge in [0, 0.05) is 27.1 Å². The molecule has 3 aromatic heterocycles. The molecule has 4 heterocycles. The largest absolute Gasteiger partial charge is 0.349 e. The molecule has 1 unspecified atom stereocenters. The number of aromatic nitrogens is 3. The van der Waals surface area contributed by atoms with Crippen molar-refractivity contribution < 1.29 is 9.59 Å². The van der Waals surface area contributed by atoms with Crippen LogP contribution in [-0.4, -0.2) is 38.9 Å². The molecular formula is C28H28ClN5O2S2. The highest BCUT2D eigenvalue weighted by molar-refractivity contribution is 8.00. The molecule has 7 nitrogen and oxygen atoms in total. The summed E-state index contributed by atoms with van der Waals surface area (Å²) < 4.78 is 1.78. The third-order valence-corrected chi connectivity index (χ3v) is 8.71. The number of thioether (sulfide) groups is 1. The lowest BCUT2D eigenvalue weighted by Gasteiger charge is -2.24. The maximum atomic E-state index is 13.7. The molecule has 196 valence electrons. The molecule has 1 aromatic carbocycles. The van der Waals surface area contributed by atoms with Crippen LogP contribution in [0.3, 0.4) is 0 Å². The molecule has 38 heavy (non-hydrogen) atoms. The Kier molecular flexibility index (Phi) is 7.61. The molecule has 0 spiro atoms. The molecule has 4 aromatic rings. The lowest BCUT2D eigenvalue weighted by molar-refractivity contribution is -0.123. The van der Waals surface area contributed by atoms with E-state index in [2.05, 4.69) is 37.1 Å². The number of pyridine rings is 1. The number of amides is 2. The maximum Gasteiger partial charge on any atom is 0.240 e. The summed E-state index contributed by atoms with van der Waals surface area (Å²) >= 11 is 9.60. The number of fused-ring (bicyclic) bond motifs is 1. The van der Waals surface area contributed by atoms with E-state index in [1.54, 1.807) is 44.9 Å². The Morgan fingerprint density at radius 2 is 2.00 bits per heavy atom. The van der Waals surface area contributed by atoms with Gasteiger partial charge in [0.05, 0.1) is 34.6 Å². The lowest BCUT2D eigenvalue weighted by atomic mass is 9.88. The number of benzene rings is 1. The number of thiophene rings is 1. The average Bonchev–Trinajstić information content (AvgIpc) is 3.53. The van der Waals surface area contributed by atoms with Crippen LogP contribution in [-0.2, 0) is 21.5 Å². The van der Waals surface area contributed by atoms with Crippen molar-refractivity contribution in [1.29, 1.82) is 0 Å². The Bertz CT molecular complexity index is 1450. The Hall–Kier alpha value is -3.14. The van der Waals surface area contributed by atoms with Gasteiger partial charge in [-0.1, -0.05) is 50.6 Å². The number of rotatable bonds is 6. The van der Waals surface area contributed by atoms with E-state index >= 15 is 0 Å². The molecule has 5 rings (SSSR count). The summed E-state index contributed by atoms with van der Waals surface area (Å²) in [4.78, 5) is 33.8. The second kappa shape index (κ2) is 10.9. The van der Waals surface area contributed by atoms with Gasteiger partial charge in [0.15, 0.2) is 0 Å². The molecule has 0 bridgehead atoms. The Labute approximate surface area is 235 Å². The van der Waals surface area contributed by atoms with Crippen LogP contribution in [0.15, 0.2) is 66.2 Å². The molecule has 0 radical (unpaired) electrons. The van der Waals surface area contributed by atoms with E-state index in [-0.39, 0.29) is 41.3 Å². The minimum Gasteiger partial charge on any atom is -0.349 e. The molecule has 0 aliphatic carbocycles. The molecule has 1 aliphatic rings. The van der Waals surface area contributed by atoms with Crippen molar-refractivity contribution in [3.8, 4) is 5.69 Å². The lowest BCUT2D eigenvalue weighted by Crippen LogP contribution is -2.42. The van der Waals surface area contributed by atoms with Gasteiger partial charge in [0.1, 0.15) is 12.4 Å². The summed E-state index contributed by atoms with van der Waals surface area (Å²) in [5.41, 5.74) is 2.99. The predicted octanol–water partition coefficient (Wildman–Crippen LogP) is 5.77. The molecule has 1 atom stereocenters. The normalized spacial score (nSPS) is 15.7. The topological polar surface area (TPSA) is 80.1 Å². The van der Waals surface area contributed by atoms with Crippen molar-refractivity contribution in [1.82, 2.24) is 20.1 Å². The van der Waals surface area contributed by atoms with Crippen LogP contribution in [0.5, 0.6) is 0 Å². The third-order valence-electron chi connectivity index (χ3n) is 6.15. The fourth-order valence-corrected chi connectivity index (χ4v) is 6.78. The fraction of sp³-hybridized carbons (Fsp3) is 0.286. The summed E-state index contributed by atoms with van der Waals surface area (Å²) in [6.07, 6.45) is 1.69. The van der Waals surface area contributed by atoms with Gasteiger partial charge >= 0.3 is 0 Å². The highest BCUT2D eigenvalue weighted by Gasteiger charge is 2.40. The fourth-order valence-electron chi connectivity index (χ4n) is 4.42. The van der Waals surface area contributed by atoms with Crippen molar-refractivity contribution >= 4 is 52.3 Å². The smallest absolute Gasteiger partial charge is 0.240 e. The Morgan fingerprint density at radius 1 is 1.16 bits per heavy atom. The van der Waals surface area contributed by atoms with E-state index in [4.69, 9.17) is 16.7 Å². The van der Waals surface area contributed by atoms with Crippen LogP contribution in [0.25, 0.3) is 5.69 Å². The molecular weight excluding hydrogens is 538 g/mol. The van der Waals surface area contributed by atoms with Crippen LogP contribution < -0.4 is 10.2 Å². The minimum absolute atomic E-state index is 0.0994. The van der Waals surface area contributed by atoms with Gasteiger partial charge in [-0.05, 0) is 41.8 Å². The van der Waals surface area contributed by atoms with Gasteiger partial charge in [-0.2, -0.15) is 5.10 Å². The minimum atomic E-state index is -0.315. The number of anilines is 1. The van der Waals surface area contributed by atoms with Gasteiger partial charge in [-0.25, -0.2) is 4.68 Å². The molecule has 0 saturated carbocycles. The van der Waals surface area contributed by atoms with E-state index in [9.17, 15) is 9.59 Å². The number of nitrogens with zero attached hydrogens (tertiary/aromatic N) is 4. The molecule has 1 aliphatic heterocycles. The van der Waals surface area contributed by atoms with Crippen molar-refractivity contribution in [2.75, 3.05) is 17.2 Å². The van der Waals surface area contributed by atoms with Gasteiger partial charge < -0.3 is 5.32 Å². The standard InChI is InChI=1S/C28H28ClN5O2S2/c1-28(2,3)26-24-25(21-11-7-13-37-21)38-17-23(36)33(16-22(35)31-15-19-9-4-5-12-30-19)27(24)34(32-26)20-10-6-8-18(29)14-20/h4-14,25H,15-17H2,1-3H3,(H,31,35). The van der Waals surface area contributed by atoms with Crippen molar-refractivity contribution in [3.63, 3.8) is 0 Å². The number of halogens is 1. The third kappa shape index (κ3) is 5.50. The molecule has 10 heteroatoms. The van der Waals surface area contributed by atoms with E-state index in [1.807, 2.05) is 47.8 Å². The second-order valence-electron chi connectivity index (χ2n) is 10.0. The van der Waals surface area contributed by atoms with Crippen LogP contribution in [0.1, 0.15) is 47.8 Å².